The first-order valence-corrected chi connectivity index (χ1v) is 7.78. The van der Waals surface area contributed by atoms with Crippen LogP contribution in [-0.4, -0.2) is 42.5 Å². The van der Waals surface area contributed by atoms with Crippen LogP contribution in [0.5, 0.6) is 0 Å². The van der Waals surface area contributed by atoms with Gasteiger partial charge in [-0.1, -0.05) is 12.1 Å². The topological polar surface area (TPSA) is 58.4 Å². The van der Waals surface area contributed by atoms with Crippen LogP contribution in [0.4, 0.5) is 0 Å². The molecule has 1 rings (SSSR count). The normalized spacial score (nSPS) is 11.4. The van der Waals surface area contributed by atoms with Crippen molar-refractivity contribution in [2.75, 3.05) is 19.6 Å². The number of carbonyl (C=O) groups is 1. The van der Waals surface area contributed by atoms with Gasteiger partial charge in [-0.15, -0.1) is 0 Å². The van der Waals surface area contributed by atoms with Gasteiger partial charge in [0.25, 0.3) is 5.91 Å². The van der Waals surface area contributed by atoms with Gasteiger partial charge in [0.05, 0.1) is 0 Å². The zero-order valence-electron chi connectivity index (χ0n) is 13.7. The highest BCUT2D eigenvalue weighted by Gasteiger charge is 2.13. The number of amides is 1. The van der Waals surface area contributed by atoms with E-state index < -0.39 is 0 Å². The van der Waals surface area contributed by atoms with E-state index in [0.29, 0.717) is 30.7 Å². The van der Waals surface area contributed by atoms with Crippen molar-refractivity contribution in [1.82, 2.24) is 10.2 Å². The highest BCUT2D eigenvalue weighted by atomic mass is 16.1. The summed E-state index contributed by atoms with van der Waals surface area (Å²) >= 11 is 0. The highest BCUT2D eigenvalue weighted by Crippen LogP contribution is 2.06. The first-order valence-electron chi connectivity index (χ1n) is 7.78. The molecule has 0 atom stereocenters. The summed E-state index contributed by atoms with van der Waals surface area (Å²) in [5, 5.41) is 3.00. The summed E-state index contributed by atoms with van der Waals surface area (Å²) in [6.07, 6.45) is 0.801. The monoisotopic (exact) mass is 291 g/mol. The second kappa shape index (κ2) is 8.80. The fourth-order valence-corrected chi connectivity index (χ4v) is 2.55. The summed E-state index contributed by atoms with van der Waals surface area (Å²) in [7, 11) is 0. The zero-order valence-corrected chi connectivity index (χ0v) is 13.7. The Balaban J connectivity index is 2.52. The van der Waals surface area contributed by atoms with Gasteiger partial charge in [-0.05, 0) is 58.4 Å². The molecule has 21 heavy (non-hydrogen) atoms. The van der Waals surface area contributed by atoms with Gasteiger partial charge in [-0.3, -0.25) is 9.69 Å². The molecule has 1 aromatic carbocycles. The minimum absolute atomic E-state index is 0.0127. The lowest BCUT2D eigenvalue weighted by molar-refractivity contribution is 0.0939. The summed E-state index contributed by atoms with van der Waals surface area (Å²) in [6, 6.07) is 8.64. The fraction of sp³-hybridized carbons (Fsp3) is 0.588. The van der Waals surface area contributed by atoms with Gasteiger partial charge < -0.3 is 11.1 Å². The molecule has 118 valence electrons. The lowest BCUT2D eigenvalue weighted by Gasteiger charge is -2.30. The first-order chi connectivity index (χ1) is 9.95. The van der Waals surface area contributed by atoms with E-state index in [1.165, 1.54) is 0 Å². The molecule has 0 aliphatic heterocycles. The molecule has 0 aliphatic carbocycles. The number of nitrogens with one attached hydrogen (secondary N) is 1. The molecule has 1 amide bonds. The summed E-state index contributed by atoms with van der Waals surface area (Å²) in [5.74, 6) is -0.0127. The second-order valence-corrected chi connectivity index (χ2v) is 5.92. The van der Waals surface area contributed by atoms with Crippen molar-refractivity contribution in [3.8, 4) is 0 Å². The Hall–Kier alpha value is -1.39. The molecular weight excluding hydrogens is 262 g/mol. The molecule has 3 N–H and O–H groups in total. The van der Waals surface area contributed by atoms with Gasteiger partial charge in [0.15, 0.2) is 0 Å². The van der Waals surface area contributed by atoms with E-state index in [-0.39, 0.29) is 5.91 Å². The van der Waals surface area contributed by atoms with Crippen LogP contribution in [0.1, 0.15) is 43.6 Å². The van der Waals surface area contributed by atoms with E-state index in [9.17, 15) is 4.79 Å². The molecule has 0 saturated carbocycles. The highest BCUT2D eigenvalue weighted by molar-refractivity contribution is 5.94. The molecule has 0 bridgehead atoms. The zero-order chi connectivity index (χ0) is 15.8. The third kappa shape index (κ3) is 5.86. The maximum Gasteiger partial charge on any atom is 0.251 e. The van der Waals surface area contributed by atoms with E-state index in [1.54, 1.807) is 0 Å². The van der Waals surface area contributed by atoms with Gasteiger partial charge in [0, 0.05) is 30.7 Å². The van der Waals surface area contributed by atoms with Gasteiger partial charge in [0.2, 0.25) is 0 Å². The van der Waals surface area contributed by atoms with E-state index in [4.69, 9.17) is 5.73 Å². The molecule has 0 aliphatic rings. The van der Waals surface area contributed by atoms with Crippen LogP contribution < -0.4 is 11.1 Å². The Bertz CT molecular complexity index is 435. The number of nitrogens with two attached hydrogens (primary N) is 1. The van der Waals surface area contributed by atoms with Crippen molar-refractivity contribution < 1.29 is 4.79 Å². The standard InChI is InChI=1S/C17H29N3O/c1-13(2)20(14(3)4)11-10-19-17(21)16-7-5-6-15(12-16)8-9-18/h5-7,12-14H,8-11,18H2,1-4H3,(H,19,21). The minimum atomic E-state index is -0.0127. The molecule has 0 spiro atoms. The van der Waals surface area contributed by atoms with Crippen LogP contribution in [0.15, 0.2) is 24.3 Å². The lowest BCUT2D eigenvalue weighted by atomic mass is 10.1. The van der Waals surface area contributed by atoms with Crippen molar-refractivity contribution in [2.45, 2.75) is 46.2 Å². The van der Waals surface area contributed by atoms with E-state index in [0.717, 1.165) is 18.5 Å². The van der Waals surface area contributed by atoms with Crippen LogP contribution in [0.3, 0.4) is 0 Å². The second-order valence-electron chi connectivity index (χ2n) is 5.92. The van der Waals surface area contributed by atoms with Gasteiger partial charge >= 0.3 is 0 Å². The van der Waals surface area contributed by atoms with Gasteiger partial charge in [-0.2, -0.15) is 0 Å². The molecule has 0 unspecified atom stereocenters. The number of rotatable bonds is 8. The average molecular weight is 291 g/mol. The Kier molecular flexibility index (Phi) is 7.40. The lowest BCUT2D eigenvalue weighted by Crippen LogP contribution is -2.42. The molecule has 0 heterocycles. The van der Waals surface area contributed by atoms with Crippen molar-refractivity contribution in [1.29, 1.82) is 0 Å². The number of hydrogen-bond acceptors (Lipinski definition) is 3. The van der Waals surface area contributed by atoms with Crippen LogP contribution in [0.25, 0.3) is 0 Å². The Labute approximate surface area is 128 Å². The number of nitrogens with zero attached hydrogens (tertiary/aromatic N) is 1. The molecule has 0 fully saturated rings. The maximum atomic E-state index is 12.2. The number of hydrogen-bond donors (Lipinski definition) is 2. The van der Waals surface area contributed by atoms with E-state index >= 15 is 0 Å². The minimum Gasteiger partial charge on any atom is -0.351 e. The summed E-state index contributed by atoms with van der Waals surface area (Å²) in [4.78, 5) is 14.5. The van der Waals surface area contributed by atoms with Crippen LogP contribution in [0, 0.1) is 0 Å². The van der Waals surface area contributed by atoms with Crippen LogP contribution in [0.2, 0.25) is 0 Å². The van der Waals surface area contributed by atoms with E-state index in [1.807, 2.05) is 24.3 Å². The third-order valence-electron chi connectivity index (χ3n) is 3.60. The molecule has 4 heteroatoms. The number of benzene rings is 1. The van der Waals surface area contributed by atoms with Crippen LogP contribution in [-0.2, 0) is 6.42 Å². The first kappa shape index (κ1) is 17.7. The number of carbonyl (C=O) groups excluding carboxylic acids is 1. The molecule has 4 nitrogen and oxygen atoms in total. The van der Waals surface area contributed by atoms with Gasteiger partial charge in [0.1, 0.15) is 0 Å². The Morgan fingerprint density at radius 2 is 1.90 bits per heavy atom. The Morgan fingerprint density at radius 1 is 1.24 bits per heavy atom. The van der Waals surface area contributed by atoms with Crippen molar-refractivity contribution in [3.05, 3.63) is 35.4 Å². The fourth-order valence-electron chi connectivity index (χ4n) is 2.55. The van der Waals surface area contributed by atoms with Gasteiger partial charge in [-0.25, -0.2) is 0 Å². The molecule has 1 aromatic rings. The van der Waals surface area contributed by atoms with Crippen LogP contribution >= 0.6 is 0 Å². The molecule has 0 radical (unpaired) electrons. The molecule has 0 saturated heterocycles. The van der Waals surface area contributed by atoms with Crippen molar-refractivity contribution in [2.24, 2.45) is 5.73 Å². The predicted molar refractivity (Wildman–Crippen MR) is 88.5 cm³/mol. The smallest absolute Gasteiger partial charge is 0.251 e. The largest absolute Gasteiger partial charge is 0.351 e. The Morgan fingerprint density at radius 3 is 2.48 bits per heavy atom. The quantitative estimate of drug-likeness (QED) is 0.770. The van der Waals surface area contributed by atoms with Crippen molar-refractivity contribution in [3.63, 3.8) is 0 Å². The SMILES string of the molecule is CC(C)N(CCNC(=O)c1cccc(CCN)c1)C(C)C. The van der Waals surface area contributed by atoms with Crippen molar-refractivity contribution >= 4 is 5.91 Å². The average Bonchev–Trinajstić information content (AvgIpc) is 2.43. The summed E-state index contributed by atoms with van der Waals surface area (Å²) in [5.41, 5.74) is 7.37. The third-order valence-corrected chi connectivity index (χ3v) is 3.60. The molecule has 0 aromatic heterocycles. The summed E-state index contributed by atoms with van der Waals surface area (Å²) in [6.45, 7) is 10.8. The maximum absolute atomic E-state index is 12.2. The summed E-state index contributed by atoms with van der Waals surface area (Å²) < 4.78 is 0. The molecular formula is C17H29N3O. The van der Waals surface area contributed by atoms with E-state index in [2.05, 4.69) is 37.9 Å². The predicted octanol–water partition coefficient (Wildman–Crippen LogP) is 2.04.